The number of allylic oxidation sites excluding steroid dienone is 1. The highest BCUT2D eigenvalue weighted by Crippen LogP contribution is 2.65. The molecule has 0 amide bonds. The zero-order valence-electron chi connectivity index (χ0n) is 10.7. The zero-order chi connectivity index (χ0) is 12.2. The van der Waals surface area contributed by atoms with Crippen molar-refractivity contribution in [2.45, 2.75) is 44.6 Å². The molecule has 1 aromatic rings. The van der Waals surface area contributed by atoms with Gasteiger partial charge in [0, 0.05) is 0 Å². The van der Waals surface area contributed by atoms with Gasteiger partial charge in [0.25, 0.3) is 0 Å². The average molecular weight is 240 g/mol. The van der Waals surface area contributed by atoms with Gasteiger partial charge in [0.2, 0.25) is 0 Å². The molecule has 2 fully saturated rings. The molecule has 0 heterocycles. The van der Waals surface area contributed by atoms with E-state index in [-0.39, 0.29) is 6.10 Å². The predicted octanol–water partition coefficient (Wildman–Crippen LogP) is 3.79. The molecule has 1 nitrogen and oxygen atoms in total. The van der Waals surface area contributed by atoms with Crippen LogP contribution in [0.15, 0.2) is 35.9 Å². The van der Waals surface area contributed by atoms with Crippen LogP contribution in [0, 0.1) is 11.3 Å². The molecule has 0 bridgehead atoms. The molecule has 1 spiro atoms. The van der Waals surface area contributed by atoms with Crippen LogP contribution in [0.2, 0.25) is 0 Å². The molecule has 0 aromatic heterocycles. The second kappa shape index (κ2) is 3.71. The summed E-state index contributed by atoms with van der Waals surface area (Å²) in [5.41, 5.74) is 4.54. The Balaban J connectivity index is 1.87. The lowest BCUT2D eigenvalue weighted by Crippen LogP contribution is -2.21. The van der Waals surface area contributed by atoms with Crippen LogP contribution >= 0.6 is 0 Å². The normalized spacial score (nSPS) is 38.1. The highest BCUT2D eigenvalue weighted by molar-refractivity contribution is 5.76. The molecule has 1 N–H and O–H groups in total. The Hall–Kier alpha value is -1.08. The first-order valence-electron chi connectivity index (χ1n) is 7.28. The summed E-state index contributed by atoms with van der Waals surface area (Å²) in [6, 6.07) is 10.5. The highest BCUT2D eigenvalue weighted by atomic mass is 16.3. The first kappa shape index (κ1) is 10.8. The number of rotatable bonds is 1. The zero-order valence-corrected chi connectivity index (χ0v) is 10.7. The Morgan fingerprint density at radius 1 is 1.11 bits per heavy atom. The van der Waals surface area contributed by atoms with Crippen LogP contribution in [0.1, 0.15) is 44.1 Å². The van der Waals surface area contributed by atoms with Crippen LogP contribution in [0.5, 0.6) is 0 Å². The van der Waals surface area contributed by atoms with E-state index in [1.54, 1.807) is 5.57 Å². The topological polar surface area (TPSA) is 20.2 Å². The maximum atomic E-state index is 10.5. The third kappa shape index (κ3) is 1.26. The SMILES string of the molecule is O[C@H]1C[C@]23CCC[C@H]2CCC3=C1c1ccccc1. The lowest BCUT2D eigenvalue weighted by atomic mass is 9.77. The molecule has 0 unspecified atom stereocenters. The summed E-state index contributed by atoms with van der Waals surface area (Å²) in [6.45, 7) is 0. The standard InChI is InChI=1S/C17H20O/c18-15-11-17-10-4-7-13(17)8-9-14(17)16(15)12-5-2-1-3-6-12/h1-3,5-6,13,15,18H,4,7-11H2/t13-,15-,17+/m0/s1. The first-order chi connectivity index (χ1) is 8.81. The number of benzene rings is 1. The molecule has 1 aromatic carbocycles. The summed E-state index contributed by atoms with van der Waals surface area (Å²) in [5, 5.41) is 10.5. The third-order valence-corrected chi connectivity index (χ3v) is 5.60. The van der Waals surface area contributed by atoms with Crippen LogP contribution in [0.4, 0.5) is 0 Å². The molecule has 0 saturated heterocycles. The molecule has 1 heteroatoms. The minimum atomic E-state index is -0.219. The van der Waals surface area contributed by atoms with Crippen molar-refractivity contribution < 1.29 is 5.11 Å². The van der Waals surface area contributed by atoms with Crippen molar-refractivity contribution >= 4 is 5.57 Å². The molecule has 4 rings (SSSR count). The molecule has 94 valence electrons. The van der Waals surface area contributed by atoms with E-state index in [2.05, 4.69) is 30.3 Å². The van der Waals surface area contributed by atoms with Gasteiger partial charge < -0.3 is 5.11 Å². The number of hydrogen-bond acceptors (Lipinski definition) is 1. The Labute approximate surface area is 109 Å². The van der Waals surface area contributed by atoms with Crippen molar-refractivity contribution in [1.29, 1.82) is 0 Å². The number of hydrogen-bond donors (Lipinski definition) is 1. The van der Waals surface area contributed by atoms with Gasteiger partial charge in [-0.2, -0.15) is 0 Å². The smallest absolute Gasteiger partial charge is 0.0804 e. The monoisotopic (exact) mass is 240 g/mol. The fraction of sp³-hybridized carbons (Fsp3) is 0.529. The molecule has 0 radical (unpaired) electrons. The minimum absolute atomic E-state index is 0.219. The second-order valence-corrected chi connectivity index (χ2v) is 6.26. The highest BCUT2D eigenvalue weighted by Gasteiger charge is 2.55. The second-order valence-electron chi connectivity index (χ2n) is 6.26. The van der Waals surface area contributed by atoms with Crippen LogP contribution < -0.4 is 0 Å². The van der Waals surface area contributed by atoms with E-state index in [0.29, 0.717) is 5.41 Å². The molecule has 2 saturated carbocycles. The van der Waals surface area contributed by atoms with Gasteiger partial charge in [-0.25, -0.2) is 0 Å². The minimum Gasteiger partial charge on any atom is -0.388 e. The first-order valence-corrected chi connectivity index (χ1v) is 7.28. The van der Waals surface area contributed by atoms with Gasteiger partial charge in [-0.3, -0.25) is 0 Å². The van der Waals surface area contributed by atoms with Crippen molar-refractivity contribution in [1.82, 2.24) is 0 Å². The summed E-state index contributed by atoms with van der Waals surface area (Å²) < 4.78 is 0. The summed E-state index contributed by atoms with van der Waals surface area (Å²) in [5.74, 6) is 0.864. The van der Waals surface area contributed by atoms with Crippen LogP contribution in [0.3, 0.4) is 0 Å². The summed E-state index contributed by atoms with van der Waals surface area (Å²) in [7, 11) is 0. The fourth-order valence-electron chi connectivity index (χ4n) is 4.96. The van der Waals surface area contributed by atoms with Gasteiger partial charge in [0.15, 0.2) is 0 Å². The Kier molecular flexibility index (Phi) is 2.23. The van der Waals surface area contributed by atoms with Gasteiger partial charge >= 0.3 is 0 Å². The van der Waals surface area contributed by atoms with Gasteiger partial charge in [0.1, 0.15) is 0 Å². The third-order valence-electron chi connectivity index (χ3n) is 5.60. The Morgan fingerprint density at radius 2 is 1.94 bits per heavy atom. The van der Waals surface area contributed by atoms with Gasteiger partial charge in [-0.15, -0.1) is 0 Å². The van der Waals surface area contributed by atoms with Crippen molar-refractivity contribution in [3.63, 3.8) is 0 Å². The predicted molar refractivity (Wildman–Crippen MR) is 73.0 cm³/mol. The van der Waals surface area contributed by atoms with Gasteiger partial charge in [-0.1, -0.05) is 42.3 Å². The Morgan fingerprint density at radius 3 is 2.78 bits per heavy atom. The number of aliphatic hydroxyl groups excluding tert-OH is 1. The molecule has 3 atom stereocenters. The average Bonchev–Trinajstić information content (AvgIpc) is 2.98. The van der Waals surface area contributed by atoms with E-state index in [1.807, 2.05) is 0 Å². The van der Waals surface area contributed by atoms with E-state index >= 15 is 0 Å². The van der Waals surface area contributed by atoms with Crippen molar-refractivity contribution in [2.24, 2.45) is 11.3 Å². The molecular formula is C17H20O. The van der Waals surface area contributed by atoms with Crippen LogP contribution in [0.25, 0.3) is 5.57 Å². The van der Waals surface area contributed by atoms with Gasteiger partial charge in [-0.05, 0) is 54.6 Å². The maximum absolute atomic E-state index is 10.5. The molecular weight excluding hydrogens is 220 g/mol. The van der Waals surface area contributed by atoms with Crippen molar-refractivity contribution in [3.05, 3.63) is 41.5 Å². The van der Waals surface area contributed by atoms with Crippen molar-refractivity contribution in [3.8, 4) is 0 Å². The maximum Gasteiger partial charge on any atom is 0.0804 e. The van der Waals surface area contributed by atoms with E-state index < -0.39 is 0 Å². The van der Waals surface area contributed by atoms with E-state index in [4.69, 9.17) is 0 Å². The van der Waals surface area contributed by atoms with Crippen molar-refractivity contribution in [2.75, 3.05) is 0 Å². The van der Waals surface area contributed by atoms with E-state index in [1.165, 1.54) is 43.2 Å². The Bertz CT molecular complexity index is 502. The summed E-state index contributed by atoms with van der Waals surface area (Å²) >= 11 is 0. The van der Waals surface area contributed by atoms with Crippen LogP contribution in [-0.4, -0.2) is 11.2 Å². The van der Waals surface area contributed by atoms with Crippen LogP contribution in [-0.2, 0) is 0 Å². The summed E-state index contributed by atoms with van der Waals surface area (Å²) in [4.78, 5) is 0. The fourth-order valence-corrected chi connectivity index (χ4v) is 4.96. The number of aliphatic hydroxyl groups is 1. The molecule has 3 aliphatic rings. The molecule has 3 aliphatic carbocycles. The lowest BCUT2D eigenvalue weighted by molar-refractivity contribution is 0.164. The summed E-state index contributed by atoms with van der Waals surface area (Å²) in [6.07, 6.45) is 7.44. The molecule has 18 heavy (non-hydrogen) atoms. The van der Waals surface area contributed by atoms with E-state index in [9.17, 15) is 5.11 Å². The van der Waals surface area contributed by atoms with Gasteiger partial charge in [0.05, 0.1) is 6.10 Å². The van der Waals surface area contributed by atoms with E-state index in [0.717, 1.165) is 12.3 Å². The molecule has 0 aliphatic heterocycles. The quantitative estimate of drug-likeness (QED) is 0.792. The largest absolute Gasteiger partial charge is 0.388 e. The lowest BCUT2D eigenvalue weighted by Gasteiger charge is -2.27.